The van der Waals surface area contributed by atoms with Crippen molar-refractivity contribution in [3.63, 3.8) is 0 Å². The summed E-state index contributed by atoms with van der Waals surface area (Å²) < 4.78 is 26.2. The zero-order chi connectivity index (χ0) is 10.7. The molecule has 0 spiro atoms. The van der Waals surface area contributed by atoms with Crippen LogP contribution in [0.1, 0.15) is 17.0 Å². The number of carboxylic acids is 1. The minimum atomic E-state index is -0.861. The average Bonchev–Trinajstić information content (AvgIpc) is 2.74. The first-order chi connectivity index (χ1) is 7.09. The second kappa shape index (κ2) is 2.56. The minimum absolute atomic E-state index is 0.0196. The van der Waals surface area contributed by atoms with Gasteiger partial charge in [0.25, 0.3) is 0 Å². The average molecular weight is 210 g/mol. The largest absolute Gasteiger partial charge is 0.481 e. The molecule has 4 heteroatoms. The molecule has 1 N–H and O–H groups in total. The first-order valence-corrected chi connectivity index (χ1v) is 4.80. The van der Waals surface area contributed by atoms with Crippen molar-refractivity contribution in [2.45, 2.75) is 12.3 Å². The van der Waals surface area contributed by atoms with Gasteiger partial charge in [0.1, 0.15) is 11.6 Å². The van der Waals surface area contributed by atoms with Gasteiger partial charge in [0, 0.05) is 12.0 Å². The van der Waals surface area contributed by atoms with Crippen molar-refractivity contribution in [3.05, 3.63) is 34.9 Å². The van der Waals surface area contributed by atoms with Crippen LogP contribution in [0.4, 0.5) is 8.78 Å². The van der Waals surface area contributed by atoms with Gasteiger partial charge in [-0.15, -0.1) is 0 Å². The van der Waals surface area contributed by atoms with Gasteiger partial charge < -0.3 is 5.11 Å². The maximum Gasteiger partial charge on any atom is 0.307 e. The van der Waals surface area contributed by atoms with Gasteiger partial charge in [-0.05, 0) is 29.5 Å². The molecule has 15 heavy (non-hydrogen) atoms. The highest BCUT2D eigenvalue weighted by atomic mass is 19.1. The van der Waals surface area contributed by atoms with E-state index in [1.807, 2.05) is 0 Å². The summed E-state index contributed by atoms with van der Waals surface area (Å²) in [5.74, 6) is -2.64. The van der Waals surface area contributed by atoms with Crippen LogP contribution in [0, 0.1) is 23.5 Å². The van der Waals surface area contributed by atoms with Crippen molar-refractivity contribution >= 4 is 5.97 Å². The summed E-state index contributed by atoms with van der Waals surface area (Å²) in [5.41, 5.74) is 1.06. The molecule has 0 unspecified atom stereocenters. The van der Waals surface area contributed by atoms with Crippen LogP contribution in [0.5, 0.6) is 0 Å². The summed E-state index contributed by atoms with van der Waals surface area (Å²) in [5, 5.41) is 8.84. The number of benzene rings is 1. The summed E-state index contributed by atoms with van der Waals surface area (Å²) in [6.45, 7) is 0. The Morgan fingerprint density at radius 3 is 2.80 bits per heavy atom. The highest BCUT2D eigenvalue weighted by molar-refractivity contribution is 5.77. The van der Waals surface area contributed by atoms with Crippen LogP contribution in [-0.2, 0) is 11.2 Å². The number of fused-ring (bicyclic) bond motifs is 3. The van der Waals surface area contributed by atoms with E-state index in [0.29, 0.717) is 17.5 Å². The lowest BCUT2D eigenvalue weighted by Crippen LogP contribution is -2.06. The maximum absolute atomic E-state index is 13.3. The molecule has 2 aliphatic rings. The molecule has 3 rings (SSSR count). The Morgan fingerprint density at radius 1 is 1.40 bits per heavy atom. The molecular formula is C11H8F2O2. The van der Waals surface area contributed by atoms with Crippen molar-refractivity contribution in [1.29, 1.82) is 0 Å². The van der Waals surface area contributed by atoms with E-state index in [9.17, 15) is 13.6 Å². The Labute approximate surface area is 84.5 Å². The molecule has 0 amide bonds. The third-order valence-corrected chi connectivity index (χ3v) is 3.45. The Hall–Kier alpha value is -1.45. The van der Waals surface area contributed by atoms with Crippen molar-refractivity contribution in [3.8, 4) is 0 Å². The highest BCUT2D eigenvalue weighted by Crippen LogP contribution is 2.61. The standard InChI is InChI=1S/C11H8F2O2/c12-4-1-6-5(8(13)2-4)3-7-9(6)10(7)11(14)15/h1-2,7,9-10H,3H2,(H,14,15)/t7-,9+,10-/m1/s1. The first-order valence-electron chi connectivity index (χ1n) is 4.80. The number of hydrogen-bond acceptors (Lipinski definition) is 1. The zero-order valence-corrected chi connectivity index (χ0v) is 7.71. The van der Waals surface area contributed by atoms with Crippen LogP contribution >= 0.6 is 0 Å². The number of halogens is 2. The smallest absolute Gasteiger partial charge is 0.307 e. The molecule has 0 aromatic heterocycles. The number of hydrogen-bond donors (Lipinski definition) is 1. The Kier molecular flexibility index (Phi) is 1.51. The second-order valence-electron chi connectivity index (χ2n) is 4.21. The predicted molar refractivity (Wildman–Crippen MR) is 47.4 cm³/mol. The van der Waals surface area contributed by atoms with Crippen molar-refractivity contribution < 1.29 is 18.7 Å². The predicted octanol–water partition coefficient (Wildman–Crippen LogP) is 1.94. The van der Waals surface area contributed by atoms with Crippen LogP contribution in [0.15, 0.2) is 12.1 Å². The maximum atomic E-state index is 13.3. The fourth-order valence-corrected chi connectivity index (χ4v) is 2.76. The number of rotatable bonds is 1. The van der Waals surface area contributed by atoms with E-state index in [4.69, 9.17) is 5.11 Å². The van der Waals surface area contributed by atoms with Crippen LogP contribution in [0.3, 0.4) is 0 Å². The summed E-state index contributed by atoms with van der Waals surface area (Å²) in [4.78, 5) is 10.8. The molecule has 1 saturated carbocycles. The monoisotopic (exact) mass is 210 g/mol. The lowest BCUT2D eigenvalue weighted by Gasteiger charge is -2.06. The third-order valence-electron chi connectivity index (χ3n) is 3.45. The summed E-state index contributed by atoms with van der Waals surface area (Å²) in [6, 6.07) is 2.13. The number of carbonyl (C=O) groups is 1. The molecule has 78 valence electrons. The van der Waals surface area contributed by atoms with Crippen molar-refractivity contribution in [2.24, 2.45) is 11.8 Å². The molecule has 0 radical (unpaired) electrons. The second-order valence-corrected chi connectivity index (χ2v) is 4.21. The van der Waals surface area contributed by atoms with Gasteiger partial charge in [-0.3, -0.25) is 4.79 Å². The van der Waals surface area contributed by atoms with Crippen molar-refractivity contribution in [1.82, 2.24) is 0 Å². The van der Waals surface area contributed by atoms with Gasteiger partial charge >= 0.3 is 5.97 Å². The fraction of sp³-hybridized carbons (Fsp3) is 0.364. The summed E-state index contributed by atoms with van der Waals surface area (Å²) in [6.07, 6.45) is 0.434. The molecule has 2 nitrogen and oxygen atoms in total. The Bertz CT molecular complexity index is 470. The third kappa shape index (κ3) is 1.05. The number of carboxylic acid groups (broad SMARTS) is 1. The van der Waals surface area contributed by atoms with Crippen LogP contribution in [-0.4, -0.2) is 11.1 Å². The molecule has 1 aromatic rings. The fourth-order valence-electron chi connectivity index (χ4n) is 2.76. The van der Waals surface area contributed by atoms with Crippen LogP contribution < -0.4 is 0 Å². The molecule has 0 saturated heterocycles. The van der Waals surface area contributed by atoms with Gasteiger partial charge in [0.15, 0.2) is 0 Å². The van der Waals surface area contributed by atoms with E-state index < -0.39 is 23.5 Å². The Balaban J connectivity index is 2.05. The lowest BCUT2D eigenvalue weighted by atomic mass is 10.0. The van der Waals surface area contributed by atoms with E-state index in [0.717, 1.165) is 6.07 Å². The number of aliphatic carboxylic acids is 1. The van der Waals surface area contributed by atoms with Gasteiger partial charge in [-0.25, -0.2) is 8.78 Å². The van der Waals surface area contributed by atoms with E-state index in [1.165, 1.54) is 6.07 Å². The van der Waals surface area contributed by atoms with E-state index in [2.05, 4.69) is 0 Å². The molecule has 0 aliphatic heterocycles. The quantitative estimate of drug-likeness (QED) is 0.769. The lowest BCUT2D eigenvalue weighted by molar-refractivity contribution is -0.139. The van der Waals surface area contributed by atoms with Crippen LogP contribution in [0.25, 0.3) is 0 Å². The van der Waals surface area contributed by atoms with Gasteiger partial charge in [-0.2, -0.15) is 0 Å². The SMILES string of the molecule is O=C(O)[C@@H]1[C@@H]2Cc3c(F)cc(F)cc3[C@@H]21. The van der Waals surface area contributed by atoms with Crippen LogP contribution in [0.2, 0.25) is 0 Å². The molecule has 1 fully saturated rings. The molecule has 2 aliphatic carbocycles. The normalized spacial score (nSPS) is 30.9. The first kappa shape index (κ1) is 8.83. The summed E-state index contributed by atoms with van der Waals surface area (Å²) in [7, 11) is 0. The van der Waals surface area contributed by atoms with E-state index in [-0.39, 0.29) is 11.8 Å². The highest BCUT2D eigenvalue weighted by Gasteiger charge is 2.60. The molecule has 3 atom stereocenters. The zero-order valence-electron chi connectivity index (χ0n) is 7.71. The molecule has 1 aromatic carbocycles. The molecule has 0 bridgehead atoms. The van der Waals surface area contributed by atoms with E-state index in [1.54, 1.807) is 0 Å². The summed E-state index contributed by atoms with van der Waals surface area (Å²) >= 11 is 0. The molecule has 0 heterocycles. The minimum Gasteiger partial charge on any atom is -0.481 e. The molecular weight excluding hydrogens is 202 g/mol. The topological polar surface area (TPSA) is 37.3 Å². The van der Waals surface area contributed by atoms with E-state index >= 15 is 0 Å². The van der Waals surface area contributed by atoms with Gasteiger partial charge in [0.05, 0.1) is 5.92 Å². The van der Waals surface area contributed by atoms with Gasteiger partial charge in [-0.1, -0.05) is 0 Å². The van der Waals surface area contributed by atoms with Gasteiger partial charge in [0.2, 0.25) is 0 Å². The Morgan fingerprint density at radius 2 is 2.13 bits per heavy atom. The van der Waals surface area contributed by atoms with Crippen molar-refractivity contribution in [2.75, 3.05) is 0 Å².